The van der Waals surface area contributed by atoms with Gasteiger partial charge in [0.25, 0.3) is 0 Å². The maximum absolute atomic E-state index is 5.33. The maximum Gasteiger partial charge on any atom is 1.00 e. The number of hydrogen-bond donors (Lipinski definition) is 0. The Morgan fingerprint density at radius 1 is 1.10 bits per heavy atom. The minimum atomic E-state index is 0. The van der Waals surface area contributed by atoms with E-state index in [0.29, 0.717) is 11.9 Å². The van der Waals surface area contributed by atoms with Crippen LogP contribution in [0, 0.1) is 13.8 Å². The molecule has 2 aromatic heterocycles. The van der Waals surface area contributed by atoms with Crippen LogP contribution in [0.5, 0.6) is 5.88 Å². The Hall–Kier alpha value is -0.0436. The van der Waals surface area contributed by atoms with E-state index in [0.717, 1.165) is 34.9 Å². The Labute approximate surface area is 163 Å². The van der Waals surface area contributed by atoms with Crippen LogP contribution < -0.4 is 56.2 Å². The number of hydroxylamine groups is 1. The minimum Gasteiger partial charge on any atom is -0.573 e. The summed E-state index contributed by atoms with van der Waals surface area (Å²) in [5.74, 6) is 0.568. The molecular weight excluding hydrogens is 277 g/mol. The van der Waals surface area contributed by atoms with Gasteiger partial charge in [-0.3, -0.25) is 4.98 Å². The molecule has 102 valence electrons. The molecule has 0 amide bonds. The van der Waals surface area contributed by atoms with Crippen molar-refractivity contribution < 1.29 is 56.2 Å². The van der Waals surface area contributed by atoms with Crippen molar-refractivity contribution >= 4 is 10.8 Å². The van der Waals surface area contributed by atoms with Crippen LogP contribution >= 0.6 is 0 Å². The Bertz CT molecular complexity index is 570. The second kappa shape index (κ2) is 8.41. The van der Waals surface area contributed by atoms with Gasteiger partial charge in [-0.05, 0) is 24.8 Å². The van der Waals surface area contributed by atoms with Crippen LogP contribution in [0.3, 0.4) is 0 Å². The van der Waals surface area contributed by atoms with E-state index >= 15 is 0 Å². The quantitative estimate of drug-likeness (QED) is 0.630. The molecule has 2 aromatic rings. The number of pyridine rings is 2. The summed E-state index contributed by atoms with van der Waals surface area (Å²) < 4.78 is 0. The predicted octanol–water partition coefficient (Wildman–Crippen LogP) is 1.11. The first kappa shape index (κ1) is 18.0. The Kier molecular flexibility index (Phi) is 7.57. The number of rotatable bonds is 3. The third-order valence-corrected chi connectivity index (χ3v) is 2.99. The van der Waals surface area contributed by atoms with Gasteiger partial charge in [-0.15, -0.1) is 6.04 Å². The molecule has 0 spiro atoms. The van der Waals surface area contributed by atoms with Gasteiger partial charge in [0.15, 0.2) is 5.88 Å². The van der Waals surface area contributed by atoms with Crippen LogP contribution in [-0.4, -0.2) is 16.0 Å². The topological polar surface area (TPSA) is 49.1 Å². The summed E-state index contributed by atoms with van der Waals surface area (Å²) >= 11 is 0. The summed E-state index contributed by atoms with van der Waals surface area (Å²) in [6, 6.07) is 2.32. The van der Waals surface area contributed by atoms with Crippen LogP contribution in [0.1, 0.15) is 37.9 Å². The Morgan fingerprint density at radius 3 is 2.45 bits per heavy atom. The fraction of sp³-hybridized carbons (Fsp3) is 0.467. The molecule has 1 aliphatic rings. The molecule has 1 aliphatic carbocycles. The molecule has 0 aliphatic heterocycles. The Morgan fingerprint density at radius 2 is 1.80 bits per heavy atom. The molecule has 1 saturated carbocycles. The van der Waals surface area contributed by atoms with Crippen molar-refractivity contribution in [3.8, 4) is 5.88 Å². The molecule has 2 heterocycles. The predicted molar refractivity (Wildman–Crippen MR) is 77.4 cm³/mol. The monoisotopic (exact) mass is 297 g/mol. The summed E-state index contributed by atoms with van der Waals surface area (Å²) in [5, 5.41) is 2.21. The van der Waals surface area contributed by atoms with E-state index in [-0.39, 0.29) is 51.4 Å². The molecule has 0 unspecified atom stereocenters. The summed E-state index contributed by atoms with van der Waals surface area (Å²) in [4.78, 5) is 13.9. The standard InChI is InChI=1S/C13H14N3O.C2H6.K/c1-8-6-14-9(2)12-7-15-13(5-11(8)12)17-16-10-3-4-10;1-2;/h5-7,10H,3-4H2,1-2H3;1-2H3;/q-1;;+1. The third-order valence-electron chi connectivity index (χ3n) is 2.99. The van der Waals surface area contributed by atoms with Crippen LogP contribution in [0.15, 0.2) is 18.5 Å². The van der Waals surface area contributed by atoms with Crippen LogP contribution in [0.2, 0.25) is 0 Å². The number of aromatic nitrogens is 2. The fourth-order valence-electron chi connectivity index (χ4n) is 1.74. The van der Waals surface area contributed by atoms with Gasteiger partial charge in [0.2, 0.25) is 0 Å². The van der Waals surface area contributed by atoms with E-state index in [9.17, 15) is 0 Å². The molecule has 0 bridgehead atoms. The van der Waals surface area contributed by atoms with Gasteiger partial charge in [0, 0.05) is 29.5 Å². The molecule has 0 N–H and O–H groups in total. The van der Waals surface area contributed by atoms with Crippen molar-refractivity contribution in [3.05, 3.63) is 35.2 Å². The number of hydrogen-bond acceptors (Lipinski definition) is 3. The smallest absolute Gasteiger partial charge is 0.573 e. The SMILES string of the molecule is CC.Cc1cnc(C)c2cnc(O[N-]C3CC3)cc12.[K+]. The first-order valence-corrected chi connectivity index (χ1v) is 6.83. The average Bonchev–Trinajstić information content (AvgIpc) is 3.27. The molecule has 3 rings (SSSR count). The van der Waals surface area contributed by atoms with E-state index in [1.165, 1.54) is 0 Å². The van der Waals surface area contributed by atoms with Gasteiger partial charge in [-0.1, -0.05) is 26.7 Å². The zero-order chi connectivity index (χ0) is 13.8. The van der Waals surface area contributed by atoms with Gasteiger partial charge < -0.3 is 10.3 Å². The second-order valence-corrected chi connectivity index (χ2v) is 4.52. The van der Waals surface area contributed by atoms with Crippen LogP contribution in [0.4, 0.5) is 0 Å². The summed E-state index contributed by atoms with van der Waals surface area (Å²) in [6.45, 7) is 8.02. The molecule has 20 heavy (non-hydrogen) atoms. The summed E-state index contributed by atoms with van der Waals surface area (Å²) in [6.07, 6.45) is 5.95. The van der Waals surface area contributed by atoms with Gasteiger partial charge in [-0.25, -0.2) is 4.98 Å². The van der Waals surface area contributed by atoms with Crippen molar-refractivity contribution in [1.82, 2.24) is 9.97 Å². The zero-order valence-corrected chi connectivity index (χ0v) is 16.1. The van der Waals surface area contributed by atoms with E-state index in [2.05, 4.69) is 15.4 Å². The Balaban J connectivity index is 0.000000639. The van der Waals surface area contributed by atoms with E-state index in [1.54, 1.807) is 0 Å². The summed E-state index contributed by atoms with van der Waals surface area (Å²) in [7, 11) is 0. The molecule has 4 nitrogen and oxygen atoms in total. The zero-order valence-electron chi connectivity index (χ0n) is 13.0. The van der Waals surface area contributed by atoms with Crippen LogP contribution in [0.25, 0.3) is 16.3 Å². The molecule has 0 radical (unpaired) electrons. The average molecular weight is 297 g/mol. The minimum absolute atomic E-state index is 0. The van der Waals surface area contributed by atoms with Crippen molar-refractivity contribution in [3.63, 3.8) is 0 Å². The number of fused-ring (bicyclic) bond motifs is 1. The third kappa shape index (κ3) is 4.48. The first-order chi connectivity index (χ1) is 9.24. The second-order valence-electron chi connectivity index (χ2n) is 4.52. The van der Waals surface area contributed by atoms with Gasteiger partial charge >= 0.3 is 51.4 Å². The van der Waals surface area contributed by atoms with Crippen molar-refractivity contribution in [1.29, 1.82) is 0 Å². The number of nitrogens with zero attached hydrogens (tertiary/aromatic N) is 3. The molecule has 5 heteroatoms. The van der Waals surface area contributed by atoms with E-state index < -0.39 is 0 Å². The van der Waals surface area contributed by atoms with Gasteiger partial charge in [0.05, 0.1) is 0 Å². The fourth-order valence-corrected chi connectivity index (χ4v) is 1.74. The van der Waals surface area contributed by atoms with E-state index in [4.69, 9.17) is 4.84 Å². The normalized spacial score (nSPS) is 13.2. The largest absolute Gasteiger partial charge is 1.00 e. The molecule has 0 atom stereocenters. The van der Waals surface area contributed by atoms with E-state index in [1.807, 2.05) is 46.2 Å². The van der Waals surface area contributed by atoms with Gasteiger partial charge in [0.1, 0.15) is 0 Å². The van der Waals surface area contributed by atoms with Crippen molar-refractivity contribution in [2.75, 3.05) is 0 Å². The van der Waals surface area contributed by atoms with Crippen molar-refractivity contribution in [2.45, 2.75) is 46.6 Å². The van der Waals surface area contributed by atoms with Crippen molar-refractivity contribution in [2.24, 2.45) is 0 Å². The first-order valence-electron chi connectivity index (χ1n) is 6.83. The summed E-state index contributed by atoms with van der Waals surface area (Å²) in [5.41, 5.74) is 6.21. The molecular formula is C15H20KN3O. The molecule has 1 fully saturated rings. The van der Waals surface area contributed by atoms with Gasteiger partial charge in [-0.2, -0.15) is 0 Å². The van der Waals surface area contributed by atoms with Crippen LogP contribution in [-0.2, 0) is 0 Å². The molecule has 0 saturated heterocycles. The molecule has 0 aromatic carbocycles. The number of aryl methyl sites for hydroxylation is 2. The maximum atomic E-state index is 5.33.